The third kappa shape index (κ3) is 3.48. The van der Waals surface area contributed by atoms with E-state index in [4.69, 9.17) is 5.73 Å². The Morgan fingerprint density at radius 2 is 1.92 bits per heavy atom. The number of aromatic amines is 1. The van der Waals surface area contributed by atoms with E-state index in [1.54, 1.807) is 0 Å². The first kappa shape index (κ1) is 17.0. The highest BCUT2D eigenvalue weighted by atomic mass is 32.2. The molecule has 2 heterocycles. The largest absolute Gasteiger partial charge is 0.382 e. The molecule has 0 aliphatic rings. The number of H-pyrrole nitrogens is 1. The van der Waals surface area contributed by atoms with Crippen LogP contribution in [0.5, 0.6) is 0 Å². The molecule has 0 fully saturated rings. The Hall–Kier alpha value is -2.88. The monoisotopic (exact) mass is 362 g/mol. The van der Waals surface area contributed by atoms with Gasteiger partial charge in [-0.2, -0.15) is 9.97 Å². The van der Waals surface area contributed by atoms with Crippen LogP contribution < -0.4 is 16.1 Å². The third-order valence-corrected chi connectivity index (χ3v) is 4.99. The number of anilines is 2. The van der Waals surface area contributed by atoms with Crippen molar-refractivity contribution >= 4 is 33.0 Å². The van der Waals surface area contributed by atoms with E-state index >= 15 is 0 Å². The molecule has 0 radical (unpaired) electrons. The summed E-state index contributed by atoms with van der Waals surface area (Å²) in [5, 5.41) is 0. The van der Waals surface area contributed by atoms with E-state index in [2.05, 4.69) is 19.7 Å². The molecule has 4 N–H and O–H groups in total. The highest BCUT2D eigenvalue weighted by molar-refractivity contribution is 7.92. The zero-order chi connectivity index (χ0) is 18.2. The minimum Gasteiger partial charge on any atom is -0.382 e. The number of hydrogen-bond acceptors (Lipinski definition) is 6. The molecule has 3 rings (SSSR count). The van der Waals surface area contributed by atoms with Gasteiger partial charge in [0.05, 0.1) is 12.3 Å². The smallest absolute Gasteiger partial charge is 0.328 e. The molecule has 1 aromatic carbocycles. The minimum atomic E-state index is -3.56. The minimum absolute atomic E-state index is 0.00133. The van der Waals surface area contributed by atoms with Crippen molar-refractivity contribution in [1.29, 1.82) is 0 Å². The van der Waals surface area contributed by atoms with Crippen molar-refractivity contribution < 1.29 is 8.42 Å². The topological polar surface area (TPSA) is 136 Å². The van der Waals surface area contributed by atoms with Gasteiger partial charge < -0.3 is 10.7 Å². The second kappa shape index (κ2) is 6.20. The van der Waals surface area contributed by atoms with E-state index < -0.39 is 15.7 Å². The van der Waals surface area contributed by atoms with Gasteiger partial charge in [0.25, 0.3) is 0 Å². The second-order valence-corrected chi connectivity index (χ2v) is 7.65. The SMILES string of the molecule is CCS(=O)(=O)Nc1nc(N)c2[nH]c(=O)n(Cc3ccc(C)cc3)c2n1. The lowest BCUT2D eigenvalue weighted by molar-refractivity contribution is 0.602. The maximum atomic E-state index is 12.3. The Bertz CT molecular complexity index is 1080. The van der Waals surface area contributed by atoms with Gasteiger partial charge >= 0.3 is 5.69 Å². The molecule has 0 atom stereocenters. The maximum Gasteiger partial charge on any atom is 0.328 e. The zero-order valence-corrected chi connectivity index (χ0v) is 14.6. The van der Waals surface area contributed by atoms with Gasteiger partial charge in [0, 0.05) is 0 Å². The summed E-state index contributed by atoms with van der Waals surface area (Å²) < 4.78 is 27.1. The maximum absolute atomic E-state index is 12.3. The lowest BCUT2D eigenvalue weighted by Crippen LogP contribution is -2.19. The zero-order valence-electron chi connectivity index (χ0n) is 13.8. The quantitative estimate of drug-likeness (QED) is 0.615. The van der Waals surface area contributed by atoms with Crippen molar-refractivity contribution in [2.75, 3.05) is 16.2 Å². The number of aryl methyl sites for hydroxylation is 1. The van der Waals surface area contributed by atoms with Crippen LogP contribution in [0.2, 0.25) is 0 Å². The van der Waals surface area contributed by atoms with Gasteiger partial charge in [0.1, 0.15) is 5.52 Å². The molecule has 25 heavy (non-hydrogen) atoms. The van der Waals surface area contributed by atoms with Crippen LogP contribution >= 0.6 is 0 Å². The molecule has 2 aromatic heterocycles. The van der Waals surface area contributed by atoms with E-state index in [-0.39, 0.29) is 35.2 Å². The number of fused-ring (bicyclic) bond motifs is 1. The summed E-state index contributed by atoms with van der Waals surface area (Å²) in [5.74, 6) is -0.292. The molecule has 0 saturated carbocycles. The highest BCUT2D eigenvalue weighted by Crippen LogP contribution is 2.18. The summed E-state index contributed by atoms with van der Waals surface area (Å²) in [6.45, 7) is 3.74. The number of sulfonamides is 1. The molecule has 0 spiro atoms. The molecule has 0 amide bonds. The molecular formula is C15H18N6O3S. The molecule has 0 aliphatic heterocycles. The summed E-state index contributed by atoms with van der Waals surface area (Å²) >= 11 is 0. The van der Waals surface area contributed by atoms with Crippen LogP contribution in [-0.2, 0) is 16.6 Å². The van der Waals surface area contributed by atoms with Crippen LogP contribution in [0.15, 0.2) is 29.1 Å². The summed E-state index contributed by atoms with van der Waals surface area (Å²) in [6, 6.07) is 7.70. The molecule has 132 valence electrons. The normalized spacial score (nSPS) is 11.8. The van der Waals surface area contributed by atoms with Gasteiger partial charge in [-0.25, -0.2) is 13.2 Å². The first-order chi connectivity index (χ1) is 11.8. The van der Waals surface area contributed by atoms with E-state index in [1.807, 2.05) is 31.2 Å². The van der Waals surface area contributed by atoms with Crippen LogP contribution in [0, 0.1) is 6.92 Å². The Kier molecular flexibility index (Phi) is 4.21. The van der Waals surface area contributed by atoms with Crippen molar-refractivity contribution in [2.45, 2.75) is 20.4 Å². The van der Waals surface area contributed by atoms with Crippen LogP contribution in [0.4, 0.5) is 11.8 Å². The van der Waals surface area contributed by atoms with Gasteiger partial charge in [-0.1, -0.05) is 29.8 Å². The van der Waals surface area contributed by atoms with Crippen molar-refractivity contribution in [3.8, 4) is 0 Å². The van der Waals surface area contributed by atoms with Gasteiger partial charge in [-0.3, -0.25) is 9.29 Å². The first-order valence-electron chi connectivity index (χ1n) is 7.61. The Morgan fingerprint density at radius 3 is 2.56 bits per heavy atom. The van der Waals surface area contributed by atoms with Gasteiger partial charge in [0.2, 0.25) is 16.0 Å². The molecule has 0 bridgehead atoms. The molecule has 0 saturated heterocycles. The number of aromatic nitrogens is 4. The summed E-state index contributed by atoms with van der Waals surface area (Å²) in [6.07, 6.45) is 0. The molecule has 10 heteroatoms. The Balaban J connectivity index is 2.09. The first-order valence-corrected chi connectivity index (χ1v) is 9.26. The fourth-order valence-corrected chi connectivity index (χ4v) is 2.85. The predicted octanol–water partition coefficient (Wildman–Crippen LogP) is 0.820. The number of nitrogen functional groups attached to an aromatic ring is 1. The Morgan fingerprint density at radius 1 is 1.24 bits per heavy atom. The fraction of sp³-hybridized carbons (Fsp3) is 0.267. The molecular weight excluding hydrogens is 344 g/mol. The predicted molar refractivity (Wildman–Crippen MR) is 95.9 cm³/mol. The number of nitrogens with one attached hydrogen (secondary N) is 2. The second-order valence-electron chi connectivity index (χ2n) is 5.64. The van der Waals surface area contributed by atoms with Crippen molar-refractivity contribution in [1.82, 2.24) is 19.5 Å². The number of imidazole rings is 1. The molecule has 0 unspecified atom stereocenters. The lowest BCUT2D eigenvalue weighted by Gasteiger charge is -2.07. The fourth-order valence-electron chi connectivity index (χ4n) is 2.33. The summed E-state index contributed by atoms with van der Waals surface area (Å²) in [5.41, 5.74) is 7.98. The molecule has 3 aromatic rings. The third-order valence-electron chi connectivity index (χ3n) is 3.74. The summed E-state index contributed by atoms with van der Waals surface area (Å²) in [4.78, 5) is 22.9. The van der Waals surface area contributed by atoms with Gasteiger partial charge in [0.15, 0.2) is 11.5 Å². The summed E-state index contributed by atoms with van der Waals surface area (Å²) in [7, 11) is -3.56. The number of hydrogen-bond donors (Lipinski definition) is 3. The van der Waals surface area contributed by atoms with E-state index in [1.165, 1.54) is 11.5 Å². The van der Waals surface area contributed by atoms with Gasteiger partial charge in [-0.15, -0.1) is 0 Å². The Labute approximate surface area is 144 Å². The highest BCUT2D eigenvalue weighted by Gasteiger charge is 2.16. The van der Waals surface area contributed by atoms with Gasteiger partial charge in [-0.05, 0) is 19.4 Å². The van der Waals surface area contributed by atoms with Crippen molar-refractivity contribution in [3.63, 3.8) is 0 Å². The van der Waals surface area contributed by atoms with Crippen molar-refractivity contribution in [2.24, 2.45) is 0 Å². The van der Waals surface area contributed by atoms with E-state index in [9.17, 15) is 13.2 Å². The molecule has 0 aliphatic carbocycles. The number of nitrogens with two attached hydrogens (primary N) is 1. The van der Waals surface area contributed by atoms with Crippen LogP contribution in [0.3, 0.4) is 0 Å². The molecule has 9 nitrogen and oxygen atoms in total. The average Bonchev–Trinajstić information content (AvgIpc) is 2.86. The van der Waals surface area contributed by atoms with Crippen LogP contribution in [0.25, 0.3) is 11.2 Å². The van der Waals surface area contributed by atoms with Crippen LogP contribution in [0.1, 0.15) is 18.1 Å². The van der Waals surface area contributed by atoms with E-state index in [0.717, 1.165) is 11.1 Å². The van der Waals surface area contributed by atoms with E-state index in [0.29, 0.717) is 0 Å². The van der Waals surface area contributed by atoms with Crippen molar-refractivity contribution in [3.05, 3.63) is 45.9 Å². The van der Waals surface area contributed by atoms with Crippen LogP contribution in [-0.4, -0.2) is 33.7 Å². The number of rotatable bonds is 5. The number of benzene rings is 1. The lowest BCUT2D eigenvalue weighted by atomic mass is 10.1. The average molecular weight is 362 g/mol. The standard InChI is InChI=1S/C15H18N6O3S/c1-3-25(23,24)20-14-18-12(16)11-13(19-14)21(15(22)17-11)8-10-6-4-9(2)5-7-10/h4-7H,3,8H2,1-2H3,(H,17,22)(H3,16,18,19,20). The number of nitrogens with zero attached hydrogens (tertiary/aromatic N) is 3.